The third-order valence-corrected chi connectivity index (χ3v) is 1.94. The molecular weight excluding hydrogens is 192 g/mol. The van der Waals surface area contributed by atoms with Crippen LogP contribution in [0.1, 0.15) is 12.5 Å². The lowest BCUT2D eigenvalue weighted by Crippen LogP contribution is -2.12. The minimum Gasteiger partial charge on any atom is -0.457 e. The van der Waals surface area contributed by atoms with Crippen LogP contribution in [0.2, 0.25) is 0 Å². The molecule has 1 rings (SSSR count). The molecule has 0 saturated carbocycles. The van der Waals surface area contributed by atoms with E-state index in [-0.39, 0.29) is 5.92 Å². The first kappa shape index (κ1) is 11.7. The lowest BCUT2D eigenvalue weighted by atomic mass is 10.2. The van der Waals surface area contributed by atoms with Crippen molar-refractivity contribution in [3.05, 3.63) is 35.9 Å². The second kappa shape index (κ2) is 7.01. The molecule has 15 heavy (non-hydrogen) atoms. The molecule has 1 aromatic rings. The van der Waals surface area contributed by atoms with Crippen LogP contribution in [0.15, 0.2) is 30.3 Å². The van der Waals surface area contributed by atoms with E-state index in [2.05, 4.69) is 4.74 Å². The summed E-state index contributed by atoms with van der Waals surface area (Å²) in [6, 6.07) is 9.96. The van der Waals surface area contributed by atoms with Crippen molar-refractivity contribution in [2.45, 2.75) is 13.5 Å². The van der Waals surface area contributed by atoms with Gasteiger partial charge in [0.15, 0.2) is 0 Å². The fourth-order valence-electron chi connectivity index (χ4n) is 1.18. The lowest BCUT2D eigenvalue weighted by molar-refractivity contribution is 0.0712. The number of benzene rings is 1. The minimum atomic E-state index is 0.204. The van der Waals surface area contributed by atoms with Gasteiger partial charge in [0.1, 0.15) is 0 Å². The topological polar surface area (TPSA) is 35.5 Å². The van der Waals surface area contributed by atoms with E-state index in [1.54, 1.807) is 0 Å². The zero-order valence-corrected chi connectivity index (χ0v) is 8.81. The van der Waals surface area contributed by atoms with Crippen LogP contribution in [0.25, 0.3) is 0 Å². The molecule has 0 fully saturated rings. The summed E-state index contributed by atoms with van der Waals surface area (Å²) in [5.74, 6) is 0.204. The van der Waals surface area contributed by atoms with Crippen molar-refractivity contribution in [2.75, 3.05) is 13.2 Å². The summed E-state index contributed by atoms with van der Waals surface area (Å²) in [5.41, 5.74) is 1.15. The van der Waals surface area contributed by atoms with Gasteiger partial charge in [-0.1, -0.05) is 37.3 Å². The fourth-order valence-corrected chi connectivity index (χ4v) is 1.18. The van der Waals surface area contributed by atoms with E-state index in [1.807, 2.05) is 37.3 Å². The SMILES string of the molecule is CC(CO[C]=O)COCc1ccccc1. The van der Waals surface area contributed by atoms with Crippen LogP contribution >= 0.6 is 0 Å². The molecule has 3 heteroatoms. The second-order valence-corrected chi connectivity index (χ2v) is 3.50. The monoisotopic (exact) mass is 207 g/mol. The third-order valence-electron chi connectivity index (χ3n) is 1.94. The molecular formula is C12H15O3. The molecule has 1 unspecified atom stereocenters. The molecule has 0 aliphatic carbocycles. The van der Waals surface area contributed by atoms with Crippen molar-refractivity contribution in [3.8, 4) is 0 Å². The van der Waals surface area contributed by atoms with Crippen molar-refractivity contribution < 1.29 is 14.3 Å². The Labute approximate surface area is 90.0 Å². The van der Waals surface area contributed by atoms with Crippen LogP contribution in [0.4, 0.5) is 0 Å². The van der Waals surface area contributed by atoms with E-state index < -0.39 is 0 Å². The largest absolute Gasteiger partial charge is 0.457 e. The number of hydrogen-bond acceptors (Lipinski definition) is 3. The Hall–Kier alpha value is -1.35. The van der Waals surface area contributed by atoms with Gasteiger partial charge < -0.3 is 9.47 Å². The van der Waals surface area contributed by atoms with Gasteiger partial charge in [-0.3, -0.25) is 0 Å². The highest BCUT2D eigenvalue weighted by atomic mass is 16.5. The average Bonchev–Trinajstić information content (AvgIpc) is 2.28. The van der Waals surface area contributed by atoms with Crippen LogP contribution in [-0.4, -0.2) is 19.7 Å². The van der Waals surface area contributed by atoms with Gasteiger partial charge in [0.05, 0.1) is 19.8 Å². The first-order chi connectivity index (χ1) is 7.33. The summed E-state index contributed by atoms with van der Waals surface area (Å²) in [5, 5.41) is 0. The van der Waals surface area contributed by atoms with Crippen LogP contribution in [0.3, 0.4) is 0 Å². The Morgan fingerprint density at radius 2 is 2.00 bits per heavy atom. The highest BCUT2D eigenvalue weighted by molar-refractivity contribution is 5.38. The molecule has 0 aliphatic heterocycles. The highest BCUT2D eigenvalue weighted by Crippen LogP contribution is 2.03. The molecule has 1 atom stereocenters. The molecule has 0 bridgehead atoms. The molecule has 1 aromatic carbocycles. The molecule has 81 valence electrons. The van der Waals surface area contributed by atoms with Crippen molar-refractivity contribution in [1.29, 1.82) is 0 Å². The van der Waals surface area contributed by atoms with E-state index >= 15 is 0 Å². The Balaban J connectivity index is 2.13. The maximum Gasteiger partial charge on any atom is 0.417 e. The smallest absolute Gasteiger partial charge is 0.417 e. The summed E-state index contributed by atoms with van der Waals surface area (Å²) >= 11 is 0. The van der Waals surface area contributed by atoms with Gasteiger partial charge in [-0.2, -0.15) is 0 Å². The van der Waals surface area contributed by atoms with Gasteiger partial charge in [0, 0.05) is 5.92 Å². The lowest BCUT2D eigenvalue weighted by Gasteiger charge is -2.10. The van der Waals surface area contributed by atoms with Crippen LogP contribution in [0, 0.1) is 5.92 Å². The summed E-state index contributed by atoms with van der Waals surface area (Å²) in [4.78, 5) is 9.82. The predicted molar refractivity (Wildman–Crippen MR) is 56.9 cm³/mol. The second-order valence-electron chi connectivity index (χ2n) is 3.50. The van der Waals surface area contributed by atoms with Crippen molar-refractivity contribution in [1.82, 2.24) is 0 Å². The molecule has 1 radical (unpaired) electrons. The highest BCUT2D eigenvalue weighted by Gasteiger charge is 2.02. The summed E-state index contributed by atoms with van der Waals surface area (Å²) in [6.45, 7) is 4.89. The molecule has 0 heterocycles. The van der Waals surface area contributed by atoms with Gasteiger partial charge in [-0.05, 0) is 5.56 Å². The van der Waals surface area contributed by atoms with E-state index in [1.165, 1.54) is 6.47 Å². The maximum absolute atomic E-state index is 9.82. The molecule has 0 aromatic heterocycles. The van der Waals surface area contributed by atoms with Crippen LogP contribution in [-0.2, 0) is 20.9 Å². The minimum absolute atomic E-state index is 0.204. The molecule has 0 amide bonds. The first-order valence-corrected chi connectivity index (χ1v) is 4.93. The summed E-state index contributed by atoms with van der Waals surface area (Å²) in [7, 11) is 0. The molecule has 0 saturated heterocycles. The predicted octanol–water partition coefficient (Wildman–Crippen LogP) is 1.92. The van der Waals surface area contributed by atoms with Gasteiger partial charge in [0.25, 0.3) is 0 Å². The van der Waals surface area contributed by atoms with Gasteiger partial charge in [-0.25, -0.2) is 4.79 Å². The van der Waals surface area contributed by atoms with Crippen LogP contribution < -0.4 is 0 Å². The normalized spacial score (nSPS) is 12.1. The summed E-state index contributed by atoms with van der Waals surface area (Å²) in [6.07, 6.45) is 0. The van der Waals surface area contributed by atoms with Gasteiger partial charge in [0.2, 0.25) is 0 Å². The van der Waals surface area contributed by atoms with Crippen molar-refractivity contribution >= 4 is 6.47 Å². The van der Waals surface area contributed by atoms with E-state index in [9.17, 15) is 4.79 Å². The average molecular weight is 207 g/mol. The van der Waals surface area contributed by atoms with Crippen molar-refractivity contribution in [3.63, 3.8) is 0 Å². The number of hydrogen-bond donors (Lipinski definition) is 0. The van der Waals surface area contributed by atoms with Crippen molar-refractivity contribution in [2.24, 2.45) is 5.92 Å². The van der Waals surface area contributed by atoms with Gasteiger partial charge >= 0.3 is 6.47 Å². The molecule has 0 N–H and O–H groups in total. The molecule has 3 nitrogen and oxygen atoms in total. The summed E-state index contributed by atoms with van der Waals surface area (Å²) < 4.78 is 9.98. The Kier molecular flexibility index (Phi) is 5.48. The number of carbonyl (C=O) groups excluding carboxylic acids is 1. The van der Waals surface area contributed by atoms with E-state index in [4.69, 9.17) is 4.74 Å². The van der Waals surface area contributed by atoms with E-state index in [0.29, 0.717) is 19.8 Å². The Morgan fingerprint density at radius 1 is 1.27 bits per heavy atom. The Bertz CT molecular complexity index is 271. The zero-order chi connectivity index (χ0) is 10.9. The maximum atomic E-state index is 9.82. The van der Waals surface area contributed by atoms with Gasteiger partial charge in [-0.15, -0.1) is 0 Å². The number of rotatable bonds is 7. The molecule has 0 spiro atoms. The Morgan fingerprint density at radius 3 is 2.67 bits per heavy atom. The van der Waals surface area contributed by atoms with E-state index in [0.717, 1.165) is 5.56 Å². The molecule has 0 aliphatic rings. The standard InChI is InChI=1S/C12H15O3/c1-11(8-15-10-13)7-14-9-12-5-3-2-4-6-12/h2-6,11H,7-9H2,1H3. The van der Waals surface area contributed by atoms with Crippen LogP contribution in [0.5, 0.6) is 0 Å². The quantitative estimate of drug-likeness (QED) is 0.685. The number of ether oxygens (including phenoxy) is 2. The fraction of sp³-hybridized carbons (Fsp3) is 0.417. The third kappa shape index (κ3) is 5.18. The zero-order valence-electron chi connectivity index (χ0n) is 8.81. The first-order valence-electron chi connectivity index (χ1n) is 4.93.